The van der Waals surface area contributed by atoms with Crippen LogP contribution in [0.15, 0.2) is 72.9 Å². The van der Waals surface area contributed by atoms with Crippen LogP contribution in [0.5, 0.6) is 0 Å². The molecule has 0 aliphatic carbocycles. The second-order valence-corrected chi connectivity index (χ2v) is 26.0. The lowest BCUT2D eigenvalue weighted by atomic mass is 9.96. The molecule has 540 valence electrons. The molecule has 0 aromatic carbocycles. The fraction of sp³-hybridized carbons (Fsp3) is 0.824. The fourth-order valence-electron chi connectivity index (χ4n) is 12.1. The van der Waals surface area contributed by atoms with Crippen molar-refractivity contribution in [1.82, 2.24) is 5.32 Å². The van der Waals surface area contributed by atoms with Gasteiger partial charge in [0.25, 0.3) is 0 Å². The summed E-state index contributed by atoms with van der Waals surface area (Å²) in [5.41, 5.74) is 0. The Morgan fingerprint density at radius 3 is 1.16 bits per heavy atom. The Bertz CT molecular complexity index is 1970. The second-order valence-electron chi connectivity index (χ2n) is 26.0. The molecule has 3 fully saturated rings. The van der Waals surface area contributed by atoms with Crippen LogP contribution in [-0.2, 0) is 33.2 Å². The van der Waals surface area contributed by atoms with E-state index < -0.39 is 124 Å². The van der Waals surface area contributed by atoms with Crippen molar-refractivity contribution in [1.29, 1.82) is 0 Å². The van der Waals surface area contributed by atoms with E-state index >= 15 is 0 Å². The number of aliphatic hydroxyl groups excluding tert-OH is 11. The van der Waals surface area contributed by atoms with Gasteiger partial charge in [-0.15, -0.1) is 0 Å². The predicted molar refractivity (Wildman–Crippen MR) is 365 cm³/mol. The molecule has 17 atom stereocenters. The molecule has 19 nitrogen and oxygen atoms in total. The van der Waals surface area contributed by atoms with Gasteiger partial charge in [-0.05, 0) is 64.2 Å². The number of carbonyl (C=O) groups is 1. The zero-order valence-electron chi connectivity index (χ0n) is 57.2. The van der Waals surface area contributed by atoms with Crippen molar-refractivity contribution in [2.24, 2.45) is 0 Å². The Hall–Kier alpha value is -2.77. The monoisotopic (exact) mass is 1320 g/mol. The lowest BCUT2D eigenvalue weighted by molar-refractivity contribution is -0.379. The van der Waals surface area contributed by atoms with E-state index in [1.54, 1.807) is 6.08 Å². The molecule has 3 aliphatic heterocycles. The number of aliphatic hydroxyl groups is 11. The summed E-state index contributed by atoms with van der Waals surface area (Å²) in [5, 5.41) is 121. The van der Waals surface area contributed by atoms with E-state index in [4.69, 9.17) is 28.4 Å². The van der Waals surface area contributed by atoms with Crippen LogP contribution in [0.2, 0.25) is 0 Å². The molecule has 19 heteroatoms. The molecule has 3 aliphatic rings. The number of ether oxygens (including phenoxy) is 6. The molecule has 17 unspecified atom stereocenters. The van der Waals surface area contributed by atoms with E-state index in [-0.39, 0.29) is 18.9 Å². The van der Waals surface area contributed by atoms with E-state index in [2.05, 4.69) is 79.9 Å². The summed E-state index contributed by atoms with van der Waals surface area (Å²) in [5.74, 6) is -0.287. The Labute approximate surface area is 559 Å². The molecule has 0 saturated carbocycles. The maximum Gasteiger partial charge on any atom is 0.220 e. The van der Waals surface area contributed by atoms with Crippen LogP contribution in [0, 0.1) is 0 Å². The van der Waals surface area contributed by atoms with Crippen LogP contribution in [0.4, 0.5) is 0 Å². The number of hydrogen-bond acceptors (Lipinski definition) is 18. The summed E-state index contributed by atoms with van der Waals surface area (Å²) in [6.07, 6.45) is 43.0. The standard InChI is InChI=1S/C74H131NO18/c1-3-5-7-9-11-13-15-17-19-21-23-25-27-28-30-31-33-35-37-39-41-43-45-47-49-51-58(79)57(75-62(80)52-50-48-46-44-42-40-38-36-34-32-29-26-24-22-20-18-16-14-12-10-8-6-4-2)56-88-72-68(86)65(83)70(60(54-77)90-72)93-74-69(87)66(84)71(61(55-78)91-74)92-73-67(85)64(82)63(81)59(53-76)89-73/h6,8,12,14,18,20,24,26,32,34,49,51,57-61,63-74,76-79,81-87H,3-5,7,9-11,13,15-17,19,21-23,25,27-31,33,35-48,50,52-56H2,1-2H3,(H,75,80)/b8-6-,14-12-,20-18-,26-24-,34-32-,51-49+. The number of nitrogens with one attached hydrogen (secondary N) is 1. The minimum absolute atomic E-state index is 0.227. The molecule has 0 aromatic rings. The first-order valence-electron chi connectivity index (χ1n) is 36.7. The van der Waals surface area contributed by atoms with E-state index in [0.29, 0.717) is 6.42 Å². The van der Waals surface area contributed by atoms with E-state index in [1.165, 1.54) is 128 Å². The molecule has 1 amide bonds. The highest BCUT2D eigenvalue weighted by molar-refractivity contribution is 5.76. The van der Waals surface area contributed by atoms with Gasteiger partial charge < -0.3 is 89.9 Å². The van der Waals surface area contributed by atoms with Crippen LogP contribution in [0.25, 0.3) is 0 Å². The highest BCUT2D eigenvalue weighted by Gasteiger charge is 2.53. The van der Waals surface area contributed by atoms with Crippen LogP contribution >= 0.6 is 0 Å². The number of rotatable bonds is 56. The summed E-state index contributed by atoms with van der Waals surface area (Å²) < 4.78 is 34.4. The summed E-state index contributed by atoms with van der Waals surface area (Å²) >= 11 is 0. The van der Waals surface area contributed by atoms with Gasteiger partial charge in [-0.3, -0.25) is 4.79 Å². The van der Waals surface area contributed by atoms with Crippen LogP contribution in [-0.4, -0.2) is 193 Å². The molecule has 93 heavy (non-hydrogen) atoms. The summed E-state index contributed by atoms with van der Waals surface area (Å²) in [7, 11) is 0. The van der Waals surface area contributed by atoms with Crippen LogP contribution in [0.1, 0.15) is 258 Å². The molecule has 0 radical (unpaired) electrons. The highest BCUT2D eigenvalue weighted by atomic mass is 16.8. The van der Waals surface area contributed by atoms with Gasteiger partial charge in [-0.1, -0.05) is 260 Å². The Morgan fingerprint density at radius 2 is 0.742 bits per heavy atom. The Balaban J connectivity index is 1.43. The van der Waals surface area contributed by atoms with Crippen LogP contribution < -0.4 is 5.32 Å². The van der Waals surface area contributed by atoms with Crippen molar-refractivity contribution in [3.8, 4) is 0 Å². The van der Waals surface area contributed by atoms with Crippen molar-refractivity contribution in [3.05, 3.63) is 72.9 Å². The highest BCUT2D eigenvalue weighted by Crippen LogP contribution is 2.33. The number of amides is 1. The third-order valence-corrected chi connectivity index (χ3v) is 18.0. The maximum atomic E-state index is 13.4. The first-order chi connectivity index (χ1) is 45.3. The van der Waals surface area contributed by atoms with Crippen molar-refractivity contribution in [3.63, 3.8) is 0 Å². The lowest BCUT2D eigenvalue weighted by Gasteiger charge is -2.48. The molecule has 12 N–H and O–H groups in total. The SMILES string of the molecule is CC/C=C\C/C=C\C/C=C\C/C=C\C/C=C\CCCCCCCCCC(=O)NC(COC1OC(CO)C(OC2OC(CO)C(OC3OC(CO)C(O)C(O)C3O)C(O)C2O)C(O)C1O)C(O)/C=C/CCCCCCCCCCCCCCCCCCCCCCCCC. The van der Waals surface area contributed by atoms with Crippen molar-refractivity contribution in [2.75, 3.05) is 26.4 Å². The number of unbranched alkanes of at least 4 members (excludes halogenated alkanes) is 30. The number of carbonyl (C=O) groups excluding carboxylic acids is 1. The van der Waals surface area contributed by atoms with Gasteiger partial charge in [0.15, 0.2) is 18.9 Å². The van der Waals surface area contributed by atoms with Crippen molar-refractivity contribution in [2.45, 2.75) is 362 Å². The first kappa shape index (κ1) is 84.5. The van der Waals surface area contributed by atoms with Gasteiger partial charge in [0, 0.05) is 6.42 Å². The molecular formula is C74H131NO18. The molecule has 0 bridgehead atoms. The van der Waals surface area contributed by atoms with E-state index in [0.717, 1.165) is 103 Å². The first-order valence-corrected chi connectivity index (χ1v) is 36.7. The second kappa shape index (κ2) is 55.1. The summed E-state index contributed by atoms with van der Waals surface area (Å²) in [6, 6.07) is -0.985. The Morgan fingerprint density at radius 1 is 0.398 bits per heavy atom. The largest absolute Gasteiger partial charge is 0.394 e. The predicted octanol–water partition coefficient (Wildman–Crippen LogP) is 10.5. The van der Waals surface area contributed by atoms with Crippen molar-refractivity contribution >= 4 is 5.91 Å². The molecule has 0 spiro atoms. The van der Waals surface area contributed by atoms with E-state index in [9.17, 15) is 61.0 Å². The quantitative estimate of drug-likeness (QED) is 0.0199. The summed E-state index contributed by atoms with van der Waals surface area (Å²) in [6.45, 7) is 1.63. The van der Waals surface area contributed by atoms with Gasteiger partial charge >= 0.3 is 0 Å². The lowest BCUT2D eigenvalue weighted by Crippen LogP contribution is -2.66. The van der Waals surface area contributed by atoms with Gasteiger partial charge in [-0.25, -0.2) is 0 Å². The average Bonchev–Trinajstić information content (AvgIpc) is 0.814. The van der Waals surface area contributed by atoms with Crippen molar-refractivity contribution < 1.29 is 89.4 Å². The minimum Gasteiger partial charge on any atom is -0.394 e. The molecule has 3 heterocycles. The van der Waals surface area contributed by atoms with Gasteiger partial charge in [0.1, 0.15) is 73.2 Å². The number of allylic oxidation sites excluding steroid dienone is 11. The molecule has 3 saturated heterocycles. The zero-order valence-corrected chi connectivity index (χ0v) is 57.2. The normalized spacial score (nSPS) is 27.9. The smallest absolute Gasteiger partial charge is 0.220 e. The Kier molecular flexibility index (Phi) is 50.1. The molecular weight excluding hydrogens is 1190 g/mol. The van der Waals surface area contributed by atoms with E-state index in [1.807, 2.05) is 6.08 Å². The average molecular weight is 1320 g/mol. The van der Waals surface area contributed by atoms with Gasteiger partial charge in [0.2, 0.25) is 5.91 Å². The topological polar surface area (TPSA) is 307 Å². The third-order valence-electron chi connectivity index (χ3n) is 18.0. The van der Waals surface area contributed by atoms with Gasteiger partial charge in [0.05, 0.1) is 38.6 Å². The van der Waals surface area contributed by atoms with Gasteiger partial charge in [-0.2, -0.15) is 0 Å². The maximum absolute atomic E-state index is 13.4. The zero-order chi connectivity index (χ0) is 67.5. The molecule has 3 rings (SSSR count). The molecule has 0 aromatic heterocycles. The fourth-order valence-corrected chi connectivity index (χ4v) is 12.1. The van der Waals surface area contributed by atoms with Crippen LogP contribution in [0.3, 0.4) is 0 Å². The number of hydrogen-bond donors (Lipinski definition) is 12. The summed E-state index contributed by atoms with van der Waals surface area (Å²) in [4.78, 5) is 13.4. The third kappa shape index (κ3) is 36.6. The minimum atomic E-state index is -1.98.